The van der Waals surface area contributed by atoms with Gasteiger partial charge in [-0.1, -0.05) is 13.8 Å². The van der Waals surface area contributed by atoms with Crippen molar-refractivity contribution >= 4 is 33.9 Å². The summed E-state index contributed by atoms with van der Waals surface area (Å²) in [7, 11) is 0. The number of halogens is 1. The monoisotopic (exact) mass is 392 g/mol. The summed E-state index contributed by atoms with van der Waals surface area (Å²) in [6, 6.07) is 2.99. The molecular weight excluding hydrogens is 367 g/mol. The van der Waals surface area contributed by atoms with Gasteiger partial charge in [-0.2, -0.15) is 0 Å². The average Bonchev–Trinajstić information content (AvgIpc) is 2.78. The highest BCUT2D eigenvalue weighted by atomic mass is 127. The number of rotatable bonds is 7. The number of nitrogens with one attached hydrogen (secondary N) is 1. The van der Waals surface area contributed by atoms with E-state index in [2.05, 4.69) is 52.7 Å². The smallest absolute Gasteiger partial charge is 0.0659 e. The average molecular weight is 392 g/mol. The first kappa shape index (κ1) is 15.7. The number of hydrogen-bond donors (Lipinski definition) is 1. The van der Waals surface area contributed by atoms with E-state index in [-0.39, 0.29) is 0 Å². The molecule has 1 atom stereocenters. The molecule has 2 nitrogen and oxygen atoms in total. The highest BCUT2D eigenvalue weighted by molar-refractivity contribution is 14.1. The quantitative estimate of drug-likeness (QED) is 0.705. The Kier molecular flexibility index (Phi) is 6.59. The maximum atomic E-state index is 3.78. The normalized spacial score (nSPS) is 18.8. The highest BCUT2D eigenvalue weighted by Crippen LogP contribution is 2.36. The summed E-state index contributed by atoms with van der Waals surface area (Å²) in [5.74, 6) is 0. The maximum absolute atomic E-state index is 3.78. The summed E-state index contributed by atoms with van der Waals surface area (Å²) in [6.07, 6.45) is 5.19. The third-order valence-electron chi connectivity index (χ3n) is 3.89. The number of hydrogen-bond acceptors (Lipinski definition) is 3. The summed E-state index contributed by atoms with van der Waals surface area (Å²) in [5, 5.41) is 3.78. The zero-order valence-corrected chi connectivity index (χ0v) is 15.0. The van der Waals surface area contributed by atoms with Gasteiger partial charge in [0.05, 0.1) is 2.88 Å². The van der Waals surface area contributed by atoms with Crippen LogP contribution in [0, 0.1) is 2.88 Å². The third-order valence-corrected chi connectivity index (χ3v) is 5.86. The second-order valence-corrected chi connectivity index (χ2v) is 8.29. The molecular formula is C15H25IN2S. The van der Waals surface area contributed by atoms with Gasteiger partial charge < -0.3 is 10.2 Å². The van der Waals surface area contributed by atoms with Crippen LogP contribution in [0.5, 0.6) is 0 Å². The number of thiophene rings is 1. The fourth-order valence-electron chi connectivity index (χ4n) is 2.87. The molecule has 0 amide bonds. The summed E-state index contributed by atoms with van der Waals surface area (Å²) >= 11 is 4.44. The lowest BCUT2D eigenvalue weighted by Crippen LogP contribution is -2.35. The molecule has 0 radical (unpaired) electrons. The molecule has 108 valence electrons. The van der Waals surface area contributed by atoms with Crippen molar-refractivity contribution in [1.29, 1.82) is 0 Å². The largest absolute Gasteiger partial charge is 0.309 e. The number of fused-ring (bicyclic) bond motifs is 1. The molecule has 1 aliphatic rings. The highest BCUT2D eigenvalue weighted by Gasteiger charge is 2.22. The molecule has 19 heavy (non-hydrogen) atoms. The molecule has 0 fully saturated rings. The van der Waals surface area contributed by atoms with Gasteiger partial charge in [-0.25, -0.2) is 0 Å². The first-order valence-corrected chi connectivity index (χ1v) is 9.38. The Hall–Kier alpha value is 0.350. The van der Waals surface area contributed by atoms with Gasteiger partial charge in [0.1, 0.15) is 0 Å². The number of likely N-dealkylation sites (N-methyl/N-ethyl adjacent to an activating group) is 1. The van der Waals surface area contributed by atoms with E-state index in [0.29, 0.717) is 6.04 Å². The van der Waals surface area contributed by atoms with Crippen LogP contribution in [0.3, 0.4) is 0 Å². The Morgan fingerprint density at radius 2 is 2.26 bits per heavy atom. The van der Waals surface area contributed by atoms with E-state index in [0.717, 1.165) is 6.54 Å². The van der Waals surface area contributed by atoms with Crippen LogP contribution < -0.4 is 5.32 Å². The fourth-order valence-corrected chi connectivity index (χ4v) is 4.99. The van der Waals surface area contributed by atoms with E-state index in [1.165, 1.54) is 48.2 Å². The van der Waals surface area contributed by atoms with Gasteiger partial charge in [0.2, 0.25) is 0 Å². The molecule has 1 aromatic heterocycles. The summed E-state index contributed by atoms with van der Waals surface area (Å²) in [4.78, 5) is 4.16. The van der Waals surface area contributed by atoms with Gasteiger partial charge in [0.15, 0.2) is 0 Å². The molecule has 1 N–H and O–H groups in total. The first-order chi connectivity index (χ1) is 9.24. The second-order valence-electron chi connectivity index (χ2n) is 5.26. The van der Waals surface area contributed by atoms with Crippen molar-refractivity contribution in [2.45, 2.75) is 45.6 Å². The van der Waals surface area contributed by atoms with E-state index in [1.54, 1.807) is 10.4 Å². The Labute approximate surface area is 135 Å². The van der Waals surface area contributed by atoms with E-state index in [9.17, 15) is 0 Å². The molecule has 0 bridgehead atoms. The molecule has 0 spiro atoms. The topological polar surface area (TPSA) is 15.3 Å². The van der Waals surface area contributed by atoms with Crippen LogP contribution in [0.1, 0.15) is 49.6 Å². The van der Waals surface area contributed by atoms with Gasteiger partial charge in [-0.15, -0.1) is 11.3 Å². The molecule has 2 rings (SSSR count). The molecule has 1 aliphatic carbocycles. The lowest BCUT2D eigenvalue weighted by atomic mass is 9.94. The minimum Gasteiger partial charge on any atom is -0.309 e. The predicted octanol–water partition coefficient (Wildman–Crippen LogP) is 4.05. The Bertz CT molecular complexity index is 391. The van der Waals surface area contributed by atoms with E-state index >= 15 is 0 Å². The van der Waals surface area contributed by atoms with Gasteiger partial charge in [0, 0.05) is 24.0 Å². The van der Waals surface area contributed by atoms with E-state index in [1.807, 2.05) is 11.3 Å². The van der Waals surface area contributed by atoms with Crippen LogP contribution in [0.2, 0.25) is 0 Å². The molecule has 1 heterocycles. The second kappa shape index (κ2) is 7.96. The Morgan fingerprint density at radius 3 is 3.00 bits per heavy atom. The predicted molar refractivity (Wildman–Crippen MR) is 93.1 cm³/mol. The molecule has 0 aliphatic heterocycles. The SMILES string of the molecule is CCCN(CC)CCNC1CCCc2sc(I)cc21. The van der Waals surface area contributed by atoms with Crippen LogP contribution in [0.4, 0.5) is 0 Å². The van der Waals surface area contributed by atoms with Crippen molar-refractivity contribution in [1.82, 2.24) is 10.2 Å². The zero-order valence-electron chi connectivity index (χ0n) is 12.0. The lowest BCUT2D eigenvalue weighted by molar-refractivity contribution is 0.280. The van der Waals surface area contributed by atoms with Gasteiger partial charge in [-0.05, 0) is 73.0 Å². The van der Waals surface area contributed by atoms with Crippen molar-refractivity contribution in [2.75, 3.05) is 26.2 Å². The molecule has 1 unspecified atom stereocenters. The van der Waals surface area contributed by atoms with Crippen molar-refractivity contribution < 1.29 is 0 Å². The molecule has 0 aromatic carbocycles. The third kappa shape index (κ3) is 4.41. The van der Waals surface area contributed by atoms with Crippen molar-refractivity contribution in [3.05, 3.63) is 19.4 Å². The number of nitrogens with zero attached hydrogens (tertiary/aromatic N) is 1. The Morgan fingerprint density at radius 1 is 1.42 bits per heavy atom. The minimum absolute atomic E-state index is 0.601. The fraction of sp³-hybridized carbons (Fsp3) is 0.733. The van der Waals surface area contributed by atoms with E-state index < -0.39 is 0 Å². The lowest BCUT2D eigenvalue weighted by Gasteiger charge is -2.26. The van der Waals surface area contributed by atoms with Crippen LogP contribution in [0.15, 0.2) is 6.07 Å². The van der Waals surface area contributed by atoms with Gasteiger partial charge in [-0.3, -0.25) is 0 Å². The summed E-state index contributed by atoms with van der Waals surface area (Å²) in [5.41, 5.74) is 1.58. The van der Waals surface area contributed by atoms with Crippen molar-refractivity contribution in [3.8, 4) is 0 Å². The minimum atomic E-state index is 0.601. The van der Waals surface area contributed by atoms with Crippen molar-refractivity contribution in [3.63, 3.8) is 0 Å². The first-order valence-electron chi connectivity index (χ1n) is 7.48. The molecule has 1 aromatic rings. The van der Waals surface area contributed by atoms with Crippen LogP contribution in [-0.4, -0.2) is 31.1 Å². The van der Waals surface area contributed by atoms with Crippen LogP contribution in [-0.2, 0) is 6.42 Å². The standard InChI is InChI=1S/C15H25IN2S/c1-3-9-18(4-2)10-8-17-13-6-5-7-14-12(13)11-15(16)19-14/h11,13,17H,3-10H2,1-2H3. The van der Waals surface area contributed by atoms with Gasteiger partial charge in [0.25, 0.3) is 0 Å². The van der Waals surface area contributed by atoms with Crippen molar-refractivity contribution in [2.24, 2.45) is 0 Å². The molecule has 0 saturated heterocycles. The summed E-state index contributed by atoms with van der Waals surface area (Å²) in [6.45, 7) is 9.21. The number of aryl methyl sites for hydroxylation is 1. The van der Waals surface area contributed by atoms with Crippen LogP contribution >= 0.6 is 33.9 Å². The van der Waals surface area contributed by atoms with E-state index in [4.69, 9.17) is 0 Å². The summed E-state index contributed by atoms with van der Waals surface area (Å²) < 4.78 is 1.44. The molecule has 4 heteroatoms. The maximum Gasteiger partial charge on any atom is 0.0659 e. The van der Waals surface area contributed by atoms with Gasteiger partial charge >= 0.3 is 0 Å². The Balaban J connectivity index is 1.83. The molecule has 0 saturated carbocycles. The zero-order chi connectivity index (χ0) is 13.7. The van der Waals surface area contributed by atoms with Crippen LogP contribution in [0.25, 0.3) is 0 Å².